The number of para-hydroxylation sites is 1. The lowest BCUT2D eigenvalue weighted by Gasteiger charge is -2.13. The van der Waals surface area contributed by atoms with Crippen molar-refractivity contribution in [1.29, 1.82) is 0 Å². The van der Waals surface area contributed by atoms with Gasteiger partial charge in [0.25, 0.3) is 0 Å². The molecule has 0 aliphatic rings. The summed E-state index contributed by atoms with van der Waals surface area (Å²) in [5, 5.41) is 1.14. The highest BCUT2D eigenvalue weighted by Gasteiger charge is 2.12. The van der Waals surface area contributed by atoms with E-state index in [0.29, 0.717) is 0 Å². The van der Waals surface area contributed by atoms with Crippen LogP contribution in [0.1, 0.15) is 37.9 Å². The predicted molar refractivity (Wildman–Crippen MR) is 75.9 cm³/mol. The van der Waals surface area contributed by atoms with Gasteiger partial charge >= 0.3 is 0 Å². The molecular weight excluding hydrogens is 276 g/mol. The molecular formula is C14H17BrN2. The van der Waals surface area contributed by atoms with Crippen molar-refractivity contribution in [3.05, 3.63) is 40.5 Å². The second-order valence-electron chi connectivity index (χ2n) is 4.30. The molecule has 0 saturated carbocycles. The van der Waals surface area contributed by atoms with Gasteiger partial charge < -0.3 is 5.73 Å². The molecule has 1 atom stereocenters. The Bertz CT molecular complexity index is 511. The Morgan fingerprint density at radius 2 is 2.12 bits per heavy atom. The topological polar surface area (TPSA) is 38.9 Å². The maximum Gasteiger partial charge on any atom is 0.0720 e. The average molecular weight is 293 g/mol. The summed E-state index contributed by atoms with van der Waals surface area (Å²) >= 11 is 3.57. The molecule has 0 bridgehead atoms. The summed E-state index contributed by atoms with van der Waals surface area (Å²) in [5.74, 6) is 0. The number of fused-ring (bicyclic) bond motifs is 1. The highest BCUT2D eigenvalue weighted by molar-refractivity contribution is 9.10. The van der Waals surface area contributed by atoms with E-state index in [1.54, 1.807) is 0 Å². The van der Waals surface area contributed by atoms with Crippen molar-refractivity contribution in [2.45, 2.75) is 32.2 Å². The van der Waals surface area contributed by atoms with Crippen LogP contribution in [-0.2, 0) is 0 Å². The van der Waals surface area contributed by atoms with Gasteiger partial charge in [-0.05, 0) is 34.5 Å². The summed E-state index contributed by atoms with van der Waals surface area (Å²) in [6.45, 7) is 2.18. The molecule has 3 heteroatoms. The van der Waals surface area contributed by atoms with Crippen molar-refractivity contribution in [2.24, 2.45) is 5.73 Å². The number of halogens is 1. The van der Waals surface area contributed by atoms with Crippen molar-refractivity contribution in [1.82, 2.24) is 4.98 Å². The number of hydrogen-bond donors (Lipinski definition) is 1. The summed E-state index contributed by atoms with van der Waals surface area (Å²) in [7, 11) is 0. The minimum atomic E-state index is 0.0222. The van der Waals surface area contributed by atoms with Crippen LogP contribution < -0.4 is 5.73 Å². The molecule has 2 nitrogen and oxygen atoms in total. The van der Waals surface area contributed by atoms with E-state index in [-0.39, 0.29) is 6.04 Å². The first-order chi connectivity index (χ1) is 8.22. The van der Waals surface area contributed by atoms with Gasteiger partial charge in [-0.3, -0.25) is 0 Å². The minimum Gasteiger partial charge on any atom is -0.323 e. The SMILES string of the molecule is CCCCC(N)c1nc2ccccc2cc1Br. The van der Waals surface area contributed by atoms with Crippen molar-refractivity contribution < 1.29 is 0 Å². The van der Waals surface area contributed by atoms with Gasteiger partial charge in [-0.1, -0.05) is 38.0 Å². The Labute approximate surface area is 110 Å². The summed E-state index contributed by atoms with van der Waals surface area (Å²) in [6, 6.07) is 10.2. The maximum atomic E-state index is 6.18. The van der Waals surface area contributed by atoms with Crippen LogP contribution in [0.5, 0.6) is 0 Å². The van der Waals surface area contributed by atoms with Crippen molar-refractivity contribution >= 4 is 26.8 Å². The van der Waals surface area contributed by atoms with Gasteiger partial charge in [-0.2, -0.15) is 0 Å². The number of benzene rings is 1. The van der Waals surface area contributed by atoms with Crippen LogP contribution in [0, 0.1) is 0 Å². The fourth-order valence-electron chi connectivity index (χ4n) is 1.93. The van der Waals surface area contributed by atoms with Crippen LogP contribution in [0.15, 0.2) is 34.8 Å². The molecule has 0 amide bonds. The van der Waals surface area contributed by atoms with Gasteiger partial charge in [0.2, 0.25) is 0 Å². The number of unbranched alkanes of at least 4 members (excludes halogenated alkanes) is 1. The van der Waals surface area contributed by atoms with Gasteiger partial charge in [0.05, 0.1) is 11.2 Å². The van der Waals surface area contributed by atoms with E-state index < -0.39 is 0 Å². The van der Waals surface area contributed by atoms with Crippen molar-refractivity contribution in [3.63, 3.8) is 0 Å². The van der Waals surface area contributed by atoms with Crippen LogP contribution in [-0.4, -0.2) is 4.98 Å². The standard InChI is InChI=1S/C14H17BrN2/c1-2-3-7-12(16)14-11(15)9-10-6-4-5-8-13(10)17-14/h4-6,8-9,12H,2-3,7,16H2,1H3. The van der Waals surface area contributed by atoms with Gasteiger partial charge in [0.15, 0.2) is 0 Å². The van der Waals surface area contributed by atoms with Crippen molar-refractivity contribution in [3.8, 4) is 0 Å². The fourth-order valence-corrected chi connectivity index (χ4v) is 2.56. The summed E-state index contributed by atoms with van der Waals surface area (Å²) in [6.07, 6.45) is 3.29. The molecule has 0 saturated heterocycles. The van der Waals surface area contributed by atoms with Crippen LogP contribution in [0.25, 0.3) is 10.9 Å². The molecule has 0 aliphatic heterocycles. The lowest BCUT2D eigenvalue weighted by molar-refractivity contribution is 0.590. The largest absolute Gasteiger partial charge is 0.323 e. The smallest absolute Gasteiger partial charge is 0.0720 e. The zero-order valence-electron chi connectivity index (χ0n) is 9.99. The third kappa shape index (κ3) is 2.85. The Balaban J connectivity index is 2.36. The van der Waals surface area contributed by atoms with Gasteiger partial charge in [-0.25, -0.2) is 4.98 Å². The van der Waals surface area contributed by atoms with Crippen LogP contribution >= 0.6 is 15.9 Å². The van der Waals surface area contributed by atoms with Crippen LogP contribution in [0.3, 0.4) is 0 Å². The maximum absolute atomic E-state index is 6.18. The quantitative estimate of drug-likeness (QED) is 0.918. The van der Waals surface area contributed by atoms with Gasteiger partial charge in [0.1, 0.15) is 0 Å². The molecule has 2 aromatic rings. The number of aromatic nitrogens is 1. The molecule has 0 aliphatic carbocycles. The number of nitrogens with two attached hydrogens (primary N) is 1. The monoisotopic (exact) mass is 292 g/mol. The van der Waals surface area contributed by atoms with Crippen molar-refractivity contribution in [2.75, 3.05) is 0 Å². The highest BCUT2D eigenvalue weighted by atomic mass is 79.9. The van der Waals surface area contributed by atoms with Crippen LogP contribution in [0.4, 0.5) is 0 Å². The van der Waals surface area contributed by atoms with Crippen LogP contribution in [0.2, 0.25) is 0 Å². The lowest BCUT2D eigenvalue weighted by atomic mass is 10.1. The van der Waals surface area contributed by atoms with E-state index in [1.165, 1.54) is 6.42 Å². The highest BCUT2D eigenvalue weighted by Crippen LogP contribution is 2.27. The summed E-state index contributed by atoms with van der Waals surface area (Å²) in [5.41, 5.74) is 8.16. The number of pyridine rings is 1. The summed E-state index contributed by atoms with van der Waals surface area (Å²) < 4.78 is 1.01. The predicted octanol–water partition coefficient (Wildman–Crippen LogP) is 4.19. The molecule has 1 aromatic carbocycles. The Kier molecular flexibility index (Phi) is 4.13. The molecule has 17 heavy (non-hydrogen) atoms. The van der Waals surface area contributed by atoms with Gasteiger partial charge in [-0.15, -0.1) is 0 Å². The molecule has 1 unspecified atom stereocenters. The van der Waals surface area contributed by atoms with E-state index in [4.69, 9.17) is 5.73 Å². The first kappa shape index (κ1) is 12.5. The normalized spacial score (nSPS) is 12.9. The Hall–Kier alpha value is -0.930. The molecule has 0 spiro atoms. The third-order valence-electron chi connectivity index (χ3n) is 2.92. The summed E-state index contributed by atoms with van der Waals surface area (Å²) in [4.78, 5) is 4.66. The van der Waals surface area contributed by atoms with Gasteiger partial charge in [0, 0.05) is 15.9 Å². The molecule has 1 aromatic heterocycles. The zero-order valence-corrected chi connectivity index (χ0v) is 11.6. The Morgan fingerprint density at radius 3 is 2.88 bits per heavy atom. The fraction of sp³-hybridized carbons (Fsp3) is 0.357. The molecule has 2 N–H and O–H groups in total. The van der Waals surface area contributed by atoms with E-state index in [1.807, 2.05) is 18.2 Å². The average Bonchev–Trinajstić information content (AvgIpc) is 2.35. The molecule has 0 radical (unpaired) electrons. The number of rotatable bonds is 4. The third-order valence-corrected chi connectivity index (χ3v) is 3.56. The second-order valence-corrected chi connectivity index (χ2v) is 5.15. The van der Waals surface area contributed by atoms with E-state index in [0.717, 1.165) is 33.9 Å². The lowest BCUT2D eigenvalue weighted by Crippen LogP contribution is -2.12. The zero-order chi connectivity index (χ0) is 12.3. The molecule has 1 heterocycles. The molecule has 0 fully saturated rings. The molecule has 90 valence electrons. The molecule has 2 rings (SSSR count). The number of hydrogen-bond acceptors (Lipinski definition) is 2. The first-order valence-electron chi connectivity index (χ1n) is 6.03. The van der Waals surface area contributed by atoms with E-state index >= 15 is 0 Å². The van der Waals surface area contributed by atoms with E-state index in [9.17, 15) is 0 Å². The van der Waals surface area contributed by atoms with E-state index in [2.05, 4.69) is 40.0 Å². The number of nitrogens with zero attached hydrogens (tertiary/aromatic N) is 1. The Morgan fingerprint density at radius 1 is 1.35 bits per heavy atom. The minimum absolute atomic E-state index is 0.0222. The first-order valence-corrected chi connectivity index (χ1v) is 6.82. The second kappa shape index (κ2) is 5.61.